The Morgan fingerprint density at radius 2 is 2.00 bits per heavy atom. The largest absolute Gasteiger partial charge is 0.311 e. The van der Waals surface area contributed by atoms with E-state index in [-0.39, 0.29) is 5.91 Å². The third-order valence-electron chi connectivity index (χ3n) is 2.32. The van der Waals surface area contributed by atoms with E-state index in [1.54, 1.807) is 11.7 Å². The second kappa shape index (κ2) is 4.71. The zero-order valence-corrected chi connectivity index (χ0v) is 11.2. The molecule has 0 spiro atoms. The van der Waals surface area contributed by atoms with Gasteiger partial charge in [-0.25, -0.2) is 0 Å². The van der Waals surface area contributed by atoms with Gasteiger partial charge in [0, 0.05) is 30.1 Å². The minimum atomic E-state index is -0.102. The van der Waals surface area contributed by atoms with Crippen molar-refractivity contribution in [2.75, 3.05) is 5.32 Å². The Morgan fingerprint density at radius 1 is 1.35 bits per heavy atom. The monoisotopic (exact) mass is 293 g/mol. The number of anilines is 1. The van der Waals surface area contributed by atoms with Crippen LogP contribution in [0.15, 0.2) is 34.8 Å². The van der Waals surface area contributed by atoms with Crippen LogP contribution in [0, 0.1) is 0 Å². The number of carbonyl (C=O) groups excluding carboxylic acids is 1. The van der Waals surface area contributed by atoms with E-state index in [0.717, 1.165) is 15.7 Å². The van der Waals surface area contributed by atoms with E-state index in [4.69, 9.17) is 0 Å². The van der Waals surface area contributed by atoms with Crippen molar-refractivity contribution in [2.24, 2.45) is 7.05 Å². The minimum Gasteiger partial charge on any atom is -0.311 e. The minimum absolute atomic E-state index is 0.102. The third kappa shape index (κ3) is 2.74. The number of rotatable bonds is 2. The molecule has 0 radical (unpaired) electrons. The van der Waals surface area contributed by atoms with E-state index in [2.05, 4.69) is 26.3 Å². The summed E-state index contributed by atoms with van der Waals surface area (Å²) >= 11 is 3.39. The lowest BCUT2D eigenvalue weighted by Gasteiger charge is -1.99. The van der Waals surface area contributed by atoms with Crippen LogP contribution in [0.4, 0.5) is 5.82 Å². The van der Waals surface area contributed by atoms with Crippen LogP contribution in [0.1, 0.15) is 6.92 Å². The molecule has 0 unspecified atom stereocenters. The fourth-order valence-electron chi connectivity index (χ4n) is 1.53. The maximum absolute atomic E-state index is 11.0. The number of carbonyl (C=O) groups is 1. The normalized spacial score (nSPS) is 10.3. The molecule has 1 aromatic carbocycles. The number of benzene rings is 1. The predicted octanol–water partition coefficient (Wildman–Crippen LogP) is 2.81. The predicted molar refractivity (Wildman–Crippen MR) is 70.6 cm³/mol. The van der Waals surface area contributed by atoms with Crippen LogP contribution < -0.4 is 5.32 Å². The van der Waals surface area contributed by atoms with Gasteiger partial charge in [-0.3, -0.25) is 9.48 Å². The van der Waals surface area contributed by atoms with Gasteiger partial charge in [-0.1, -0.05) is 28.1 Å². The number of amides is 1. The fourth-order valence-corrected chi connectivity index (χ4v) is 1.79. The van der Waals surface area contributed by atoms with Gasteiger partial charge in [-0.05, 0) is 12.1 Å². The van der Waals surface area contributed by atoms with E-state index in [1.165, 1.54) is 6.92 Å². The summed E-state index contributed by atoms with van der Waals surface area (Å²) in [5.74, 6) is 0.589. The summed E-state index contributed by atoms with van der Waals surface area (Å²) in [6.45, 7) is 1.48. The van der Waals surface area contributed by atoms with Crippen LogP contribution in [-0.4, -0.2) is 15.7 Å². The van der Waals surface area contributed by atoms with Gasteiger partial charge < -0.3 is 5.32 Å². The van der Waals surface area contributed by atoms with Crippen LogP contribution in [0.25, 0.3) is 11.3 Å². The number of aryl methyl sites for hydroxylation is 1. The van der Waals surface area contributed by atoms with Crippen molar-refractivity contribution < 1.29 is 4.79 Å². The summed E-state index contributed by atoms with van der Waals surface area (Å²) < 4.78 is 2.68. The molecule has 1 N–H and O–H groups in total. The highest BCUT2D eigenvalue weighted by Gasteiger charge is 2.07. The maximum Gasteiger partial charge on any atom is 0.222 e. The summed E-state index contributed by atoms with van der Waals surface area (Å²) in [6.07, 6.45) is 0. The zero-order valence-electron chi connectivity index (χ0n) is 9.57. The number of hydrogen-bond acceptors (Lipinski definition) is 2. The van der Waals surface area contributed by atoms with Crippen LogP contribution in [-0.2, 0) is 11.8 Å². The molecule has 0 fully saturated rings. The molecule has 0 aliphatic heterocycles. The third-order valence-corrected chi connectivity index (χ3v) is 2.85. The highest BCUT2D eigenvalue weighted by Crippen LogP contribution is 2.23. The van der Waals surface area contributed by atoms with Crippen molar-refractivity contribution >= 4 is 27.7 Å². The van der Waals surface area contributed by atoms with Gasteiger partial charge in [-0.2, -0.15) is 5.10 Å². The molecule has 1 heterocycles. The summed E-state index contributed by atoms with van der Waals surface area (Å²) in [5, 5.41) is 7.08. The number of aromatic nitrogens is 2. The molecule has 0 saturated carbocycles. The van der Waals surface area contributed by atoms with E-state index in [0.29, 0.717) is 5.82 Å². The van der Waals surface area contributed by atoms with Crippen molar-refractivity contribution in [1.29, 1.82) is 0 Å². The first-order valence-corrected chi connectivity index (χ1v) is 5.93. The van der Waals surface area contributed by atoms with Gasteiger partial charge in [0.2, 0.25) is 5.91 Å². The second-order valence-electron chi connectivity index (χ2n) is 3.73. The SMILES string of the molecule is CC(=O)Nc1cc(-c2ccc(Br)cc2)nn1C. The number of nitrogens with one attached hydrogen (secondary N) is 1. The molecule has 0 saturated heterocycles. The first-order valence-electron chi connectivity index (χ1n) is 5.14. The molecule has 0 aliphatic carbocycles. The van der Waals surface area contributed by atoms with Crippen LogP contribution >= 0.6 is 15.9 Å². The van der Waals surface area contributed by atoms with Gasteiger partial charge in [-0.15, -0.1) is 0 Å². The lowest BCUT2D eigenvalue weighted by atomic mass is 10.1. The van der Waals surface area contributed by atoms with Crippen molar-refractivity contribution in [3.63, 3.8) is 0 Å². The number of halogens is 1. The fraction of sp³-hybridized carbons (Fsp3) is 0.167. The molecule has 1 amide bonds. The lowest BCUT2D eigenvalue weighted by molar-refractivity contribution is -0.114. The topological polar surface area (TPSA) is 46.9 Å². The average Bonchev–Trinajstić information content (AvgIpc) is 2.60. The van der Waals surface area contributed by atoms with Crippen LogP contribution in [0.3, 0.4) is 0 Å². The van der Waals surface area contributed by atoms with Crippen LogP contribution in [0.2, 0.25) is 0 Å². The maximum atomic E-state index is 11.0. The molecule has 4 nitrogen and oxygen atoms in total. The molecule has 17 heavy (non-hydrogen) atoms. The standard InChI is InChI=1S/C12H12BrN3O/c1-8(17)14-12-7-11(15-16(12)2)9-3-5-10(13)6-4-9/h3-7H,1-2H3,(H,14,17). The molecular weight excluding hydrogens is 282 g/mol. The van der Waals surface area contributed by atoms with E-state index < -0.39 is 0 Å². The molecule has 2 rings (SSSR count). The molecule has 0 bridgehead atoms. The van der Waals surface area contributed by atoms with Gasteiger partial charge in [0.25, 0.3) is 0 Å². The molecule has 88 valence electrons. The zero-order chi connectivity index (χ0) is 12.4. The van der Waals surface area contributed by atoms with E-state index >= 15 is 0 Å². The quantitative estimate of drug-likeness (QED) is 0.925. The number of hydrogen-bond donors (Lipinski definition) is 1. The van der Waals surface area contributed by atoms with Gasteiger partial charge >= 0.3 is 0 Å². The van der Waals surface area contributed by atoms with Crippen molar-refractivity contribution in [1.82, 2.24) is 9.78 Å². The highest BCUT2D eigenvalue weighted by atomic mass is 79.9. The highest BCUT2D eigenvalue weighted by molar-refractivity contribution is 9.10. The average molecular weight is 294 g/mol. The molecule has 0 aliphatic rings. The Morgan fingerprint density at radius 3 is 2.59 bits per heavy atom. The summed E-state index contributed by atoms with van der Waals surface area (Å²) in [4.78, 5) is 11.0. The molecule has 5 heteroatoms. The Hall–Kier alpha value is -1.62. The Bertz CT molecular complexity index is 545. The van der Waals surface area contributed by atoms with Crippen molar-refractivity contribution in [3.8, 4) is 11.3 Å². The van der Waals surface area contributed by atoms with Gasteiger partial charge in [0.1, 0.15) is 5.82 Å². The Balaban J connectivity index is 2.34. The van der Waals surface area contributed by atoms with E-state index in [1.807, 2.05) is 30.3 Å². The smallest absolute Gasteiger partial charge is 0.222 e. The van der Waals surface area contributed by atoms with Crippen molar-refractivity contribution in [3.05, 3.63) is 34.8 Å². The molecule has 2 aromatic rings. The Labute approximate surface area is 108 Å². The van der Waals surface area contributed by atoms with Crippen molar-refractivity contribution in [2.45, 2.75) is 6.92 Å². The summed E-state index contributed by atoms with van der Waals surface area (Å²) in [5.41, 5.74) is 1.85. The first-order chi connectivity index (χ1) is 8.06. The second-order valence-corrected chi connectivity index (χ2v) is 4.64. The van der Waals surface area contributed by atoms with Crippen LogP contribution in [0.5, 0.6) is 0 Å². The summed E-state index contributed by atoms with van der Waals surface area (Å²) in [7, 11) is 1.80. The molecule has 0 atom stereocenters. The molecular formula is C12H12BrN3O. The first kappa shape index (κ1) is 11.9. The lowest BCUT2D eigenvalue weighted by Crippen LogP contribution is -2.09. The van der Waals surface area contributed by atoms with E-state index in [9.17, 15) is 4.79 Å². The van der Waals surface area contributed by atoms with Gasteiger partial charge in [0.15, 0.2) is 0 Å². The molecule has 1 aromatic heterocycles. The van der Waals surface area contributed by atoms with Gasteiger partial charge in [0.05, 0.1) is 5.69 Å². The Kier molecular flexibility index (Phi) is 3.28. The summed E-state index contributed by atoms with van der Waals surface area (Å²) in [6, 6.07) is 9.72. The number of nitrogens with zero attached hydrogens (tertiary/aromatic N) is 2.